The molecule has 8 heteroatoms. The van der Waals surface area contributed by atoms with Gasteiger partial charge in [-0.2, -0.15) is 0 Å². The first-order valence-corrected chi connectivity index (χ1v) is 9.62. The van der Waals surface area contributed by atoms with Gasteiger partial charge in [0, 0.05) is 5.41 Å². The zero-order chi connectivity index (χ0) is 19.8. The van der Waals surface area contributed by atoms with Gasteiger partial charge in [-0.25, -0.2) is 9.59 Å². The summed E-state index contributed by atoms with van der Waals surface area (Å²) in [4.78, 5) is 48.0. The van der Waals surface area contributed by atoms with Gasteiger partial charge in [-0.15, -0.1) is 0 Å². The van der Waals surface area contributed by atoms with Crippen molar-refractivity contribution in [3.05, 3.63) is 0 Å². The monoisotopic (exact) mass is 380 g/mol. The van der Waals surface area contributed by atoms with Gasteiger partial charge in [-0.1, -0.05) is 0 Å². The maximum atomic E-state index is 13.0. The smallest absolute Gasteiger partial charge is 0.413 e. The Morgan fingerprint density at radius 3 is 1.96 bits per heavy atom. The van der Waals surface area contributed by atoms with Crippen LogP contribution in [0.25, 0.3) is 0 Å². The van der Waals surface area contributed by atoms with Crippen LogP contribution in [0.3, 0.4) is 0 Å². The summed E-state index contributed by atoms with van der Waals surface area (Å²) in [6.07, 6.45) is 4.33. The van der Waals surface area contributed by atoms with Crippen LogP contribution in [0.2, 0.25) is 0 Å². The molecule has 4 aliphatic carbocycles. The van der Waals surface area contributed by atoms with Crippen LogP contribution in [0.15, 0.2) is 0 Å². The van der Waals surface area contributed by atoms with E-state index in [0.29, 0.717) is 17.8 Å². The highest BCUT2D eigenvalue weighted by atomic mass is 16.6. The molecule has 4 aliphatic rings. The van der Waals surface area contributed by atoms with Crippen molar-refractivity contribution in [2.45, 2.75) is 64.5 Å². The fourth-order valence-corrected chi connectivity index (χ4v) is 5.38. The number of nitrogens with one attached hydrogen (secondary N) is 2. The topological polar surface area (TPSA) is 111 Å². The molecule has 4 saturated carbocycles. The minimum Gasteiger partial charge on any atom is -0.453 e. The molecule has 4 rings (SSSR count). The number of esters is 1. The molecule has 0 aliphatic heterocycles. The van der Waals surface area contributed by atoms with Crippen molar-refractivity contribution >= 4 is 23.9 Å². The van der Waals surface area contributed by atoms with Gasteiger partial charge in [0.25, 0.3) is 5.91 Å². The maximum absolute atomic E-state index is 13.0. The van der Waals surface area contributed by atoms with Crippen LogP contribution in [0.5, 0.6) is 0 Å². The SMILES string of the molecule is COC(=O)NC(=O)[C@H](C)OC(=O)[C@H](C)NC(=O)C12CC3CC(CC(C3)C1)C2. The van der Waals surface area contributed by atoms with Crippen LogP contribution in [0.4, 0.5) is 4.79 Å². The first-order valence-electron chi connectivity index (χ1n) is 9.62. The normalized spacial score (nSPS) is 32.9. The number of alkyl carbamates (subject to hydrolysis) is 1. The average Bonchev–Trinajstić information content (AvgIpc) is 2.60. The molecule has 0 unspecified atom stereocenters. The zero-order valence-corrected chi connectivity index (χ0v) is 16.1. The summed E-state index contributed by atoms with van der Waals surface area (Å²) in [5.41, 5.74) is -0.350. The summed E-state index contributed by atoms with van der Waals surface area (Å²) in [7, 11) is 1.13. The summed E-state index contributed by atoms with van der Waals surface area (Å²) in [6, 6.07) is -0.862. The number of imide groups is 1. The molecule has 27 heavy (non-hydrogen) atoms. The number of carbonyl (C=O) groups excluding carboxylic acids is 4. The quantitative estimate of drug-likeness (QED) is 0.700. The lowest BCUT2D eigenvalue weighted by Crippen LogP contribution is -2.56. The lowest BCUT2D eigenvalue weighted by molar-refractivity contribution is -0.159. The molecule has 150 valence electrons. The molecule has 0 spiro atoms. The molecule has 0 saturated heterocycles. The molecule has 3 amide bonds. The number of ether oxygens (including phenoxy) is 2. The summed E-state index contributed by atoms with van der Waals surface area (Å²) < 4.78 is 9.39. The second kappa shape index (κ2) is 7.48. The van der Waals surface area contributed by atoms with Gasteiger partial charge in [-0.05, 0) is 70.1 Å². The Bertz CT molecular complexity index is 611. The predicted molar refractivity (Wildman–Crippen MR) is 94.3 cm³/mol. The van der Waals surface area contributed by atoms with E-state index in [1.54, 1.807) is 6.92 Å². The summed E-state index contributed by atoms with van der Waals surface area (Å²) in [5, 5.41) is 4.73. The van der Waals surface area contributed by atoms with Gasteiger partial charge in [0.05, 0.1) is 7.11 Å². The van der Waals surface area contributed by atoms with E-state index in [1.165, 1.54) is 26.2 Å². The Kier molecular flexibility index (Phi) is 5.44. The molecule has 0 heterocycles. The van der Waals surface area contributed by atoms with Crippen LogP contribution in [-0.4, -0.2) is 43.1 Å². The number of methoxy groups -OCH3 is 1. The minimum atomic E-state index is -1.17. The molecule has 0 aromatic rings. The van der Waals surface area contributed by atoms with E-state index in [9.17, 15) is 19.2 Å². The second-order valence-electron chi connectivity index (χ2n) is 8.45. The molecule has 0 aromatic heterocycles. The van der Waals surface area contributed by atoms with Crippen molar-refractivity contribution in [3.8, 4) is 0 Å². The van der Waals surface area contributed by atoms with Crippen molar-refractivity contribution in [2.75, 3.05) is 7.11 Å². The lowest BCUT2D eigenvalue weighted by Gasteiger charge is -2.55. The summed E-state index contributed by atoms with van der Waals surface area (Å²) >= 11 is 0. The first kappa shape index (κ1) is 19.6. The third kappa shape index (κ3) is 4.09. The van der Waals surface area contributed by atoms with Gasteiger partial charge >= 0.3 is 12.1 Å². The van der Waals surface area contributed by atoms with Crippen LogP contribution < -0.4 is 10.6 Å². The van der Waals surface area contributed by atoms with E-state index in [2.05, 4.69) is 10.1 Å². The Balaban J connectivity index is 1.53. The fourth-order valence-electron chi connectivity index (χ4n) is 5.38. The van der Waals surface area contributed by atoms with Crippen molar-refractivity contribution in [2.24, 2.45) is 23.2 Å². The first-order chi connectivity index (χ1) is 12.7. The molecule has 4 fully saturated rings. The molecule has 2 atom stereocenters. The zero-order valence-electron chi connectivity index (χ0n) is 16.1. The van der Waals surface area contributed by atoms with Crippen molar-refractivity contribution in [1.29, 1.82) is 0 Å². The van der Waals surface area contributed by atoms with Crippen molar-refractivity contribution in [1.82, 2.24) is 10.6 Å². The van der Waals surface area contributed by atoms with Crippen LogP contribution in [-0.2, 0) is 23.9 Å². The highest BCUT2D eigenvalue weighted by molar-refractivity contribution is 5.95. The summed E-state index contributed by atoms with van der Waals surface area (Å²) in [6.45, 7) is 2.90. The largest absolute Gasteiger partial charge is 0.453 e. The van der Waals surface area contributed by atoms with Gasteiger partial charge < -0.3 is 14.8 Å². The highest BCUT2D eigenvalue weighted by Crippen LogP contribution is 2.60. The number of hydrogen-bond donors (Lipinski definition) is 2. The number of carbonyl (C=O) groups is 4. The number of amides is 3. The maximum Gasteiger partial charge on any atom is 0.413 e. The Morgan fingerprint density at radius 2 is 1.48 bits per heavy atom. The van der Waals surface area contributed by atoms with Gasteiger partial charge in [0.15, 0.2) is 6.10 Å². The molecule has 4 bridgehead atoms. The molecule has 0 aromatic carbocycles. The standard InChI is InChI=1S/C19H28N2O6/c1-10(16(23)27-11(2)15(22)21-18(25)26-3)20-17(24)19-7-12-4-13(8-19)6-14(5-12)9-19/h10-14H,4-9H2,1-3H3,(H,20,24)(H,21,22,25)/t10-,11-,12?,13?,14?,19?/m0/s1. The van der Waals surface area contributed by atoms with Crippen LogP contribution >= 0.6 is 0 Å². The molecular weight excluding hydrogens is 352 g/mol. The van der Waals surface area contributed by atoms with Gasteiger partial charge in [0.1, 0.15) is 6.04 Å². The molecule has 0 radical (unpaired) electrons. The van der Waals surface area contributed by atoms with E-state index in [0.717, 1.165) is 26.4 Å². The average molecular weight is 380 g/mol. The van der Waals surface area contributed by atoms with E-state index in [1.807, 2.05) is 5.32 Å². The third-order valence-corrected chi connectivity index (χ3v) is 6.29. The van der Waals surface area contributed by atoms with Crippen molar-refractivity contribution < 1.29 is 28.7 Å². The highest BCUT2D eigenvalue weighted by Gasteiger charge is 2.54. The fraction of sp³-hybridized carbons (Fsp3) is 0.789. The van der Waals surface area contributed by atoms with Crippen LogP contribution in [0.1, 0.15) is 52.4 Å². The predicted octanol–water partition coefficient (Wildman–Crippen LogP) is 1.52. The number of hydrogen-bond acceptors (Lipinski definition) is 6. The van der Waals surface area contributed by atoms with E-state index in [4.69, 9.17) is 4.74 Å². The second-order valence-corrected chi connectivity index (χ2v) is 8.45. The lowest BCUT2D eigenvalue weighted by atomic mass is 9.49. The van der Waals surface area contributed by atoms with E-state index < -0.39 is 30.1 Å². The summed E-state index contributed by atoms with van der Waals surface area (Å²) in [5.74, 6) is 0.331. The van der Waals surface area contributed by atoms with Gasteiger partial charge in [0.2, 0.25) is 5.91 Å². The Labute approximate surface area is 158 Å². The molecule has 2 N–H and O–H groups in total. The van der Waals surface area contributed by atoms with Crippen molar-refractivity contribution in [3.63, 3.8) is 0 Å². The minimum absolute atomic E-state index is 0.0716. The molecular formula is C19H28N2O6. The molecule has 8 nitrogen and oxygen atoms in total. The number of rotatable bonds is 5. The Hall–Kier alpha value is -2.12. The third-order valence-electron chi connectivity index (χ3n) is 6.29. The van der Waals surface area contributed by atoms with E-state index >= 15 is 0 Å². The van der Waals surface area contributed by atoms with E-state index in [-0.39, 0.29) is 11.3 Å². The van der Waals surface area contributed by atoms with Crippen LogP contribution in [0, 0.1) is 23.2 Å². The Morgan fingerprint density at radius 1 is 0.963 bits per heavy atom. The van der Waals surface area contributed by atoms with Gasteiger partial charge in [-0.3, -0.25) is 14.9 Å².